The van der Waals surface area contributed by atoms with E-state index in [0.29, 0.717) is 24.1 Å². The molecule has 1 saturated heterocycles. The van der Waals surface area contributed by atoms with Gasteiger partial charge in [0.05, 0.1) is 0 Å². The Morgan fingerprint density at radius 1 is 1.05 bits per heavy atom. The first-order valence-electron chi connectivity index (χ1n) is 6.91. The summed E-state index contributed by atoms with van der Waals surface area (Å²) in [7, 11) is 0. The number of nitrogens with two attached hydrogens (primary N) is 1. The number of hydrogen-bond acceptors (Lipinski definition) is 3. The highest BCUT2D eigenvalue weighted by Crippen LogP contribution is 2.23. The van der Waals surface area contributed by atoms with Crippen molar-refractivity contribution in [2.75, 3.05) is 11.4 Å². The smallest absolute Gasteiger partial charge is 0.228 e. The van der Waals surface area contributed by atoms with E-state index in [2.05, 4.69) is 0 Å². The third-order valence-electron chi connectivity index (χ3n) is 3.61. The molecule has 1 aliphatic rings. The largest absolute Gasteiger partial charge is 0.326 e. The number of amides is 1. The van der Waals surface area contributed by atoms with Gasteiger partial charge in [-0.1, -0.05) is 42.5 Å². The summed E-state index contributed by atoms with van der Waals surface area (Å²) in [5.41, 5.74) is 7.76. The summed E-state index contributed by atoms with van der Waals surface area (Å²) >= 11 is 0. The van der Waals surface area contributed by atoms with E-state index in [1.807, 2.05) is 24.3 Å². The summed E-state index contributed by atoms with van der Waals surface area (Å²) < 4.78 is 0. The topological polar surface area (TPSA) is 63.4 Å². The third-order valence-corrected chi connectivity index (χ3v) is 3.61. The summed E-state index contributed by atoms with van der Waals surface area (Å²) in [5.74, 6) is -0.0415. The SMILES string of the molecule is NC1CC(=O)N(c2cccc(C(=O)c3ccccc3)c2)C1. The molecule has 4 heteroatoms. The zero-order valence-electron chi connectivity index (χ0n) is 11.5. The van der Waals surface area contributed by atoms with Crippen molar-refractivity contribution < 1.29 is 9.59 Å². The summed E-state index contributed by atoms with van der Waals surface area (Å²) in [4.78, 5) is 26.0. The van der Waals surface area contributed by atoms with E-state index >= 15 is 0 Å². The van der Waals surface area contributed by atoms with Crippen LogP contribution in [0, 0.1) is 0 Å². The first-order valence-corrected chi connectivity index (χ1v) is 6.91. The lowest BCUT2D eigenvalue weighted by Gasteiger charge is -2.16. The Balaban J connectivity index is 1.90. The second kappa shape index (κ2) is 5.50. The monoisotopic (exact) mass is 280 g/mol. The molecular formula is C17H16N2O2. The molecule has 1 aliphatic heterocycles. The average Bonchev–Trinajstić information content (AvgIpc) is 2.86. The van der Waals surface area contributed by atoms with Crippen LogP contribution < -0.4 is 10.6 Å². The van der Waals surface area contributed by atoms with Crippen LogP contribution in [-0.2, 0) is 4.79 Å². The van der Waals surface area contributed by atoms with Crippen LogP contribution in [0.1, 0.15) is 22.3 Å². The van der Waals surface area contributed by atoms with Crippen molar-refractivity contribution in [1.29, 1.82) is 0 Å². The zero-order valence-corrected chi connectivity index (χ0v) is 11.5. The molecule has 1 heterocycles. The number of carbonyl (C=O) groups excluding carboxylic acids is 2. The van der Waals surface area contributed by atoms with Crippen LogP contribution in [0.5, 0.6) is 0 Å². The number of hydrogen-bond donors (Lipinski definition) is 1. The minimum Gasteiger partial charge on any atom is -0.326 e. The van der Waals surface area contributed by atoms with Gasteiger partial charge in [0.1, 0.15) is 0 Å². The molecule has 0 bridgehead atoms. The summed E-state index contributed by atoms with van der Waals surface area (Å²) in [5, 5.41) is 0. The maximum Gasteiger partial charge on any atom is 0.228 e. The first-order chi connectivity index (χ1) is 10.1. The van der Waals surface area contributed by atoms with Crippen LogP contribution >= 0.6 is 0 Å². The fourth-order valence-corrected chi connectivity index (χ4v) is 2.56. The van der Waals surface area contributed by atoms with Gasteiger partial charge in [-0.2, -0.15) is 0 Å². The normalized spacial score (nSPS) is 18.0. The molecule has 2 aromatic carbocycles. The van der Waals surface area contributed by atoms with Gasteiger partial charge in [0.25, 0.3) is 0 Å². The van der Waals surface area contributed by atoms with Gasteiger partial charge in [0, 0.05) is 35.8 Å². The van der Waals surface area contributed by atoms with Gasteiger partial charge in [-0.25, -0.2) is 0 Å². The predicted molar refractivity (Wildman–Crippen MR) is 81.3 cm³/mol. The zero-order chi connectivity index (χ0) is 14.8. The maximum absolute atomic E-state index is 12.4. The molecule has 21 heavy (non-hydrogen) atoms. The molecule has 3 rings (SSSR count). The molecule has 2 N–H and O–H groups in total. The van der Waals surface area contributed by atoms with Crippen molar-refractivity contribution in [3.05, 3.63) is 65.7 Å². The van der Waals surface area contributed by atoms with Crippen LogP contribution in [0.2, 0.25) is 0 Å². The minimum absolute atomic E-state index is 0.00631. The van der Waals surface area contributed by atoms with Crippen LogP contribution in [-0.4, -0.2) is 24.3 Å². The molecule has 2 aromatic rings. The van der Waals surface area contributed by atoms with Crippen molar-refractivity contribution in [2.45, 2.75) is 12.5 Å². The molecule has 1 atom stereocenters. The van der Waals surface area contributed by atoms with Gasteiger partial charge in [-0.05, 0) is 12.1 Å². The number of carbonyl (C=O) groups is 2. The van der Waals surface area contributed by atoms with Crippen LogP contribution in [0.15, 0.2) is 54.6 Å². The average molecular weight is 280 g/mol. The minimum atomic E-state index is -0.133. The molecular weight excluding hydrogens is 264 g/mol. The Kier molecular flexibility index (Phi) is 3.54. The Morgan fingerprint density at radius 2 is 1.76 bits per heavy atom. The van der Waals surface area contributed by atoms with Gasteiger partial charge in [-0.3, -0.25) is 9.59 Å². The molecule has 0 radical (unpaired) electrons. The van der Waals surface area contributed by atoms with Crippen LogP contribution in [0.3, 0.4) is 0 Å². The number of nitrogens with zero attached hydrogens (tertiary/aromatic N) is 1. The molecule has 0 aromatic heterocycles. The molecule has 1 fully saturated rings. The second-order valence-electron chi connectivity index (χ2n) is 5.21. The third kappa shape index (κ3) is 2.71. The van der Waals surface area contributed by atoms with Crippen molar-refractivity contribution >= 4 is 17.4 Å². The van der Waals surface area contributed by atoms with Crippen molar-refractivity contribution in [2.24, 2.45) is 5.73 Å². The van der Waals surface area contributed by atoms with Crippen LogP contribution in [0.25, 0.3) is 0 Å². The molecule has 1 unspecified atom stereocenters. The van der Waals surface area contributed by atoms with Crippen molar-refractivity contribution in [3.8, 4) is 0 Å². The van der Waals surface area contributed by atoms with E-state index in [1.54, 1.807) is 35.2 Å². The van der Waals surface area contributed by atoms with E-state index in [9.17, 15) is 9.59 Å². The Labute approximate surface area is 123 Å². The Bertz CT molecular complexity index is 682. The summed E-state index contributed by atoms with van der Waals surface area (Å²) in [6.45, 7) is 0.502. The van der Waals surface area contributed by atoms with Gasteiger partial charge in [-0.15, -0.1) is 0 Å². The lowest BCUT2D eigenvalue weighted by atomic mass is 10.0. The lowest BCUT2D eigenvalue weighted by molar-refractivity contribution is -0.117. The maximum atomic E-state index is 12.4. The number of rotatable bonds is 3. The number of benzene rings is 2. The van der Waals surface area contributed by atoms with Gasteiger partial charge in [0.15, 0.2) is 5.78 Å². The second-order valence-corrected chi connectivity index (χ2v) is 5.21. The number of ketones is 1. The lowest BCUT2D eigenvalue weighted by Crippen LogP contribution is -2.28. The highest BCUT2D eigenvalue weighted by molar-refractivity contribution is 6.10. The molecule has 1 amide bonds. The van der Waals surface area contributed by atoms with Gasteiger partial charge >= 0.3 is 0 Å². The molecule has 106 valence electrons. The van der Waals surface area contributed by atoms with Gasteiger partial charge < -0.3 is 10.6 Å². The van der Waals surface area contributed by atoms with E-state index < -0.39 is 0 Å². The van der Waals surface area contributed by atoms with E-state index in [4.69, 9.17) is 5.73 Å². The fourth-order valence-electron chi connectivity index (χ4n) is 2.56. The number of anilines is 1. The predicted octanol–water partition coefficient (Wildman–Crippen LogP) is 1.98. The molecule has 0 aliphatic carbocycles. The first kappa shape index (κ1) is 13.5. The summed E-state index contributed by atoms with van der Waals surface area (Å²) in [6.07, 6.45) is 0.358. The molecule has 0 spiro atoms. The standard InChI is InChI=1S/C17H16N2O2/c18-14-10-16(20)19(11-14)15-8-4-7-13(9-15)17(21)12-5-2-1-3-6-12/h1-9,14H,10-11,18H2. The van der Waals surface area contributed by atoms with Gasteiger partial charge in [0.2, 0.25) is 5.91 Å². The fraction of sp³-hybridized carbons (Fsp3) is 0.176. The molecule has 4 nitrogen and oxygen atoms in total. The van der Waals surface area contributed by atoms with E-state index in [0.717, 1.165) is 5.69 Å². The highest BCUT2D eigenvalue weighted by atomic mass is 16.2. The van der Waals surface area contributed by atoms with E-state index in [-0.39, 0.29) is 17.7 Å². The quantitative estimate of drug-likeness (QED) is 0.874. The van der Waals surface area contributed by atoms with E-state index in [1.165, 1.54) is 0 Å². The molecule has 0 saturated carbocycles. The van der Waals surface area contributed by atoms with Crippen LogP contribution in [0.4, 0.5) is 5.69 Å². The summed E-state index contributed by atoms with van der Waals surface area (Å²) in [6, 6.07) is 16.1. The van der Waals surface area contributed by atoms with Crippen molar-refractivity contribution in [1.82, 2.24) is 0 Å². The Hall–Kier alpha value is -2.46. The Morgan fingerprint density at radius 3 is 2.43 bits per heavy atom. The van der Waals surface area contributed by atoms with Crippen molar-refractivity contribution in [3.63, 3.8) is 0 Å². The highest BCUT2D eigenvalue weighted by Gasteiger charge is 2.28.